The lowest BCUT2D eigenvalue weighted by Crippen LogP contribution is -2.15. The van der Waals surface area contributed by atoms with E-state index in [1.165, 1.54) is 0 Å². The van der Waals surface area contributed by atoms with Crippen molar-refractivity contribution >= 4 is 28.7 Å². The molecule has 0 bridgehead atoms. The first-order chi connectivity index (χ1) is 12.6. The van der Waals surface area contributed by atoms with Crippen LogP contribution in [0.15, 0.2) is 60.8 Å². The number of nitrogens with zero attached hydrogens (tertiary/aromatic N) is 2. The fourth-order valence-corrected chi connectivity index (χ4v) is 2.59. The van der Waals surface area contributed by atoms with Crippen LogP contribution in [0.2, 0.25) is 0 Å². The summed E-state index contributed by atoms with van der Waals surface area (Å²) in [6, 6.07) is 18.7. The van der Waals surface area contributed by atoms with Crippen LogP contribution in [-0.2, 0) is 7.05 Å². The molecule has 0 unspecified atom stereocenters. The first kappa shape index (κ1) is 17.1. The van der Waals surface area contributed by atoms with Gasteiger partial charge in [0.05, 0.1) is 11.3 Å². The Morgan fingerprint density at radius 1 is 1.04 bits per heavy atom. The van der Waals surface area contributed by atoms with Gasteiger partial charge in [0.15, 0.2) is 0 Å². The molecule has 3 aromatic rings. The number of nitriles is 1. The van der Waals surface area contributed by atoms with Crippen molar-refractivity contribution in [3.05, 3.63) is 72.1 Å². The summed E-state index contributed by atoms with van der Waals surface area (Å²) < 4.78 is 1.77. The van der Waals surface area contributed by atoms with Gasteiger partial charge in [-0.25, -0.2) is 0 Å². The van der Waals surface area contributed by atoms with Gasteiger partial charge in [0.2, 0.25) is 0 Å². The van der Waals surface area contributed by atoms with E-state index >= 15 is 0 Å². The quantitative estimate of drug-likeness (QED) is 0.654. The van der Waals surface area contributed by atoms with E-state index in [0.29, 0.717) is 16.9 Å². The van der Waals surface area contributed by atoms with Gasteiger partial charge in [-0.2, -0.15) is 5.26 Å². The zero-order valence-electron chi connectivity index (χ0n) is 14.6. The van der Waals surface area contributed by atoms with E-state index < -0.39 is 0 Å². The molecule has 0 atom stereocenters. The lowest BCUT2D eigenvalue weighted by molar-refractivity contribution is 0.101. The van der Waals surface area contributed by atoms with Gasteiger partial charge in [-0.15, -0.1) is 0 Å². The van der Waals surface area contributed by atoms with Crippen molar-refractivity contribution in [2.75, 3.05) is 23.0 Å². The molecule has 2 aromatic carbocycles. The molecule has 1 heterocycles. The maximum absolute atomic E-state index is 12.2. The molecule has 3 rings (SSSR count). The number of aryl methyl sites for hydroxylation is 1. The third kappa shape index (κ3) is 3.68. The van der Waals surface area contributed by atoms with Gasteiger partial charge in [0, 0.05) is 37.4 Å². The Morgan fingerprint density at radius 3 is 2.35 bits per heavy atom. The number of carbonyl (C=O) groups excluding carboxylic acids is 1. The minimum atomic E-state index is -0.160. The van der Waals surface area contributed by atoms with Gasteiger partial charge in [-0.1, -0.05) is 0 Å². The minimum absolute atomic E-state index is 0.160. The molecule has 0 aliphatic heterocycles. The van der Waals surface area contributed by atoms with Crippen molar-refractivity contribution in [2.24, 2.45) is 7.05 Å². The Bertz CT molecular complexity index is 967. The summed E-state index contributed by atoms with van der Waals surface area (Å²) in [6.45, 7) is 0. The fourth-order valence-electron chi connectivity index (χ4n) is 2.59. The SMILES string of the molecule is CNc1ccc(Nc2ccc(NC(=O)c3cccn3C)cc2)c(C#N)c1. The lowest BCUT2D eigenvalue weighted by Gasteiger charge is -2.11. The van der Waals surface area contributed by atoms with Crippen molar-refractivity contribution in [2.45, 2.75) is 0 Å². The van der Waals surface area contributed by atoms with Crippen LogP contribution < -0.4 is 16.0 Å². The van der Waals surface area contributed by atoms with Crippen LogP contribution in [0.5, 0.6) is 0 Å². The molecule has 6 nitrogen and oxygen atoms in total. The largest absolute Gasteiger partial charge is 0.388 e. The minimum Gasteiger partial charge on any atom is -0.388 e. The molecule has 0 saturated heterocycles. The molecule has 1 amide bonds. The average Bonchev–Trinajstić information content (AvgIpc) is 3.09. The molecule has 1 aromatic heterocycles. The smallest absolute Gasteiger partial charge is 0.272 e. The van der Waals surface area contributed by atoms with E-state index in [1.54, 1.807) is 16.7 Å². The number of carbonyl (C=O) groups is 1. The van der Waals surface area contributed by atoms with Crippen molar-refractivity contribution < 1.29 is 4.79 Å². The standard InChI is InChI=1S/C20H19N5O/c1-22-17-9-10-18(14(12-17)13-21)23-15-5-7-16(8-6-15)24-20(26)19-4-3-11-25(19)2/h3-12,22-23H,1-2H3,(H,24,26). The highest BCUT2D eigenvalue weighted by molar-refractivity contribution is 6.03. The highest BCUT2D eigenvalue weighted by Crippen LogP contribution is 2.24. The van der Waals surface area contributed by atoms with Crippen LogP contribution in [0.25, 0.3) is 0 Å². The van der Waals surface area contributed by atoms with Gasteiger partial charge < -0.3 is 20.5 Å². The maximum atomic E-state index is 12.2. The van der Waals surface area contributed by atoms with Gasteiger partial charge in [-0.05, 0) is 54.6 Å². The van der Waals surface area contributed by atoms with E-state index in [0.717, 1.165) is 17.1 Å². The number of hydrogen-bond donors (Lipinski definition) is 3. The molecule has 0 fully saturated rings. The van der Waals surface area contributed by atoms with E-state index in [1.807, 2.05) is 62.8 Å². The Kier molecular flexibility index (Phi) is 4.90. The molecule has 0 radical (unpaired) electrons. The number of aromatic nitrogens is 1. The summed E-state index contributed by atoms with van der Waals surface area (Å²) >= 11 is 0. The zero-order valence-corrected chi connectivity index (χ0v) is 14.6. The number of nitrogens with one attached hydrogen (secondary N) is 3. The summed E-state index contributed by atoms with van der Waals surface area (Å²) in [5.74, 6) is -0.160. The number of hydrogen-bond acceptors (Lipinski definition) is 4. The number of rotatable bonds is 5. The molecule has 6 heteroatoms. The summed E-state index contributed by atoms with van der Waals surface area (Å²) in [7, 11) is 3.64. The van der Waals surface area contributed by atoms with Crippen LogP contribution in [-0.4, -0.2) is 17.5 Å². The van der Waals surface area contributed by atoms with Crippen LogP contribution >= 0.6 is 0 Å². The molecule has 130 valence electrons. The monoisotopic (exact) mass is 345 g/mol. The van der Waals surface area contributed by atoms with Crippen LogP contribution in [0.4, 0.5) is 22.7 Å². The first-order valence-corrected chi connectivity index (χ1v) is 8.12. The third-order valence-electron chi connectivity index (χ3n) is 4.03. The fraction of sp³-hybridized carbons (Fsp3) is 0.100. The zero-order chi connectivity index (χ0) is 18.5. The van der Waals surface area contributed by atoms with Crippen molar-refractivity contribution in [3.8, 4) is 6.07 Å². The average molecular weight is 345 g/mol. The Morgan fingerprint density at radius 2 is 1.73 bits per heavy atom. The van der Waals surface area contributed by atoms with Gasteiger partial charge in [0.25, 0.3) is 5.91 Å². The first-order valence-electron chi connectivity index (χ1n) is 8.12. The second-order valence-corrected chi connectivity index (χ2v) is 5.78. The normalized spacial score (nSPS) is 10.0. The molecule has 0 aliphatic carbocycles. The highest BCUT2D eigenvalue weighted by Gasteiger charge is 2.09. The van der Waals surface area contributed by atoms with E-state index in [2.05, 4.69) is 22.0 Å². The summed E-state index contributed by atoms with van der Waals surface area (Å²) in [5, 5.41) is 18.4. The predicted octanol–water partition coefficient (Wildman–Crippen LogP) is 3.93. The molecule has 26 heavy (non-hydrogen) atoms. The third-order valence-corrected chi connectivity index (χ3v) is 4.03. The molecule has 0 spiro atoms. The van der Waals surface area contributed by atoms with Gasteiger partial charge in [-0.3, -0.25) is 4.79 Å². The van der Waals surface area contributed by atoms with Gasteiger partial charge >= 0.3 is 0 Å². The molecular formula is C20H19N5O. The van der Waals surface area contributed by atoms with Gasteiger partial charge in [0.1, 0.15) is 11.8 Å². The van der Waals surface area contributed by atoms with Crippen molar-refractivity contribution in [3.63, 3.8) is 0 Å². The maximum Gasteiger partial charge on any atom is 0.272 e. The number of benzene rings is 2. The number of anilines is 4. The molecule has 3 N–H and O–H groups in total. The van der Waals surface area contributed by atoms with Crippen LogP contribution in [0.1, 0.15) is 16.1 Å². The Hall–Kier alpha value is -3.72. The van der Waals surface area contributed by atoms with E-state index in [4.69, 9.17) is 0 Å². The topological polar surface area (TPSA) is 81.9 Å². The Labute approximate surface area is 152 Å². The summed E-state index contributed by atoms with van der Waals surface area (Å²) in [4.78, 5) is 12.2. The van der Waals surface area contributed by atoms with E-state index in [9.17, 15) is 10.1 Å². The highest BCUT2D eigenvalue weighted by atomic mass is 16.1. The van der Waals surface area contributed by atoms with Crippen molar-refractivity contribution in [1.82, 2.24) is 4.57 Å². The van der Waals surface area contributed by atoms with Crippen molar-refractivity contribution in [1.29, 1.82) is 5.26 Å². The molecule has 0 saturated carbocycles. The molecular weight excluding hydrogens is 326 g/mol. The summed E-state index contributed by atoms with van der Waals surface area (Å²) in [6.07, 6.45) is 1.83. The Balaban J connectivity index is 1.71. The van der Waals surface area contributed by atoms with Crippen LogP contribution in [0.3, 0.4) is 0 Å². The lowest BCUT2D eigenvalue weighted by atomic mass is 10.1. The second-order valence-electron chi connectivity index (χ2n) is 5.78. The van der Waals surface area contributed by atoms with E-state index in [-0.39, 0.29) is 5.91 Å². The number of amides is 1. The summed E-state index contributed by atoms with van der Waals surface area (Å²) in [5.41, 5.74) is 4.29. The molecule has 0 aliphatic rings. The second kappa shape index (κ2) is 7.45. The van der Waals surface area contributed by atoms with Crippen LogP contribution in [0, 0.1) is 11.3 Å². The predicted molar refractivity (Wildman–Crippen MR) is 104 cm³/mol.